The van der Waals surface area contributed by atoms with Gasteiger partial charge in [0, 0.05) is 24.1 Å². The van der Waals surface area contributed by atoms with E-state index in [1.54, 1.807) is 0 Å². The number of ether oxygens (including phenoxy) is 1. The van der Waals surface area contributed by atoms with Gasteiger partial charge in [0.05, 0.1) is 4.92 Å². The molecule has 0 fully saturated rings. The Morgan fingerprint density at radius 1 is 1.33 bits per heavy atom. The highest BCUT2D eigenvalue weighted by Gasteiger charge is 2.18. The predicted molar refractivity (Wildman–Crippen MR) is 76.9 cm³/mol. The largest absolute Gasteiger partial charge is 0.432 e. The van der Waals surface area contributed by atoms with Gasteiger partial charge in [0.1, 0.15) is 16.2 Å². The molecule has 1 aromatic heterocycles. The molecular formula is C13H11BrFN3O3. The van der Waals surface area contributed by atoms with Crippen molar-refractivity contribution in [3.63, 3.8) is 0 Å². The molecule has 0 saturated carbocycles. The van der Waals surface area contributed by atoms with E-state index in [2.05, 4.69) is 25.9 Å². The highest BCUT2D eigenvalue weighted by atomic mass is 79.9. The van der Waals surface area contributed by atoms with Crippen LogP contribution in [0, 0.1) is 15.9 Å². The van der Waals surface area contributed by atoms with E-state index in [-0.39, 0.29) is 23.2 Å². The number of aromatic nitrogens is 2. The van der Waals surface area contributed by atoms with Crippen molar-refractivity contribution >= 4 is 21.6 Å². The molecule has 0 amide bonds. The van der Waals surface area contributed by atoms with Gasteiger partial charge >= 0.3 is 5.69 Å². The molecule has 0 saturated heterocycles. The lowest BCUT2D eigenvalue weighted by atomic mass is 10.2. The number of halogens is 2. The van der Waals surface area contributed by atoms with Crippen LogP contribution in [-0.2, 0) is 0 Å². The molecule has 0 unspecified atom stereocenters. The van der Waals surface area contributed by atoms with Crippen molar-refractivity contribution in [1.29, 1.82) is 0 Å². The summed E-state index contributed by atoms with van der Waals surface area (Å²) in [4.78, 5) is 18.6. The molecule has 0 aliphatic carbocycles. The molecule has 1 heterocycles. The zero-order valence-corrected chi connectivity index (χ0v) is 12.8. The Bertz CT molecular complexity index is 694. The molecule has 2 rings (SSSR count). The second-order valence-corrected chi connectivity index (χ2v) is 5.33. The third-order valence-electron chi connectivity index (χ3n) is 2.54. The lowest BCUT2D eigenvalue weighted by Crippen LogP contribution is -2.01. The molecule has 110 valence electrons. The van der Waals surface area contributed by atoms with Crippen molar-refractivity contribution in [3.05, 3.63) is 50.6 Å². The maximum absolute atomic E-state index is 13.3. The molecular weight excluding hydrogens is 345 g/mol. The summed E-state index contributed by atoms with van der Waals surface area (Å²) in [5.41, 5.74) is -0.336. The minimum atomic E-state index is -0.644. The summed E-state index contributed by atoms with van der Waals surface area (Å²) in [6, 6.07) is 4.45. The van der Waals surface area contributed by atoms with Gasteiger partial charge in [-0.15, -0.1) is 0 Å². The topological polar surface area (TPSA) is 78.2 Å². The van der Waals surface area contributed by atoms with Gasteiger partial charge in [0.25, 0.3) is 0 Å². The lowest BCUT2D eigenvalue weighted by Gasteiger charge is -2.09. The van der Waals surface area contributed by atoms with Crippen LogP contribution in [0.25, 0.3) is 0 Å². The van der Waals surface area contributed by atoms with Crippen LogP contribution in [0.5, 0.6) is 11.6 Å². The monoisotopic (exact) mass is 355 g/mol. The van der Waals surface area contributed by atoms with Crippen molar-refractivity contribution < 1.29 is 14.1 Å². The maximum atomic E-state index is 13.3. The lowest BCUT2D eigenvalue weighted by molar-refractivity contribution is -0.385. The maximum Gasteiger partial charge on any atom is 0.311 e. The van der Waals surface area contributed by atoms with Crippen LogP contribution in [0.1, 0.15) is 25.6 Å². The first-order chi connectivity index (χ1) is 9.86. The Morgan fingerprint density at radius 3 is 2.67 bits per heavy atom. The van der Waals surface area contributed by atoms with Crippen LogP contribution < -0.4 is 4.74 Å². The van der Waals surface area contributed by atoms with Gasteiger partial charge in [-0.25, -0.2) is 9.37 Å². The van der Waals surface area contributed by atoms with Gasteiger partial charge in [-0.3, -0.25) is 10.1 Å². The van der Waals surface area contributed by atoms with Crippen LogP contribution in [-0.4, -0.2) is 14.9 Å². The summed E-state index contributed by atoms with van der Waals surface area (Å²) in [6.45, 7) is 3.80. The average molecular weight is 356 g/mol. The Balaban J connectivity index is 2.42. The Hall–Kier alpha value is -2.09. The number of nitro benzene ring substituents is 1. The zero-order chi connectivity index (χ0) is 15.6. The fourth-order valence-electron chi connectivity index (χ4n) is 1.56. The molecule has 1 aromatic carbocycles. The van der Waals surface area contributed by atoms with Crippen molar-refractivity contribution in [2.75, 3.05) is 0 Å². The molecule has 0 aliphatic heterocycles. The number of hydrogen-bond acceptors (Lipinski definition) is 5. The number of rotatable bonds is 4. The van der Waals surface area contributed by atoms with Crippen LogP contribution >= 0.6 is 15.9 Å². The smallest absolute Gasteiger partial charge is 0.311 e. The Labute approximate surface area is 128 Å². The second kappa shape index (κ2) is 6.13. The first kappa shape index (κ1) is 15.3. The van der Waals surface area contributed by atoms with E-state index >= 15 is 0 Å². The molecule has 0 radical (unpaired) electrons. The van der Waals surface area contributed by atoms with Crippen LogP contribution in [0.3, 0.4) is 0 Å². The number of hydrogen-bond donors (Lipinski definition) is 0. The first-order valence-corrected chi connectivity index (χ1v) is 6.82. The molecule has 8 heteroatoms. The minimum Gasteiger partial charge on any atom is -0.432 e. The van der Waals surface area contributed by atoms with Crippen LogP contribution in [0.4, 0.5) is 10.1 Å². The minimum absolute atomic E-state index is 0.0485. The van der Waals surface area contributed by atoms with Gasteiger partial charge in [-0.05, 0) is 22.0 Å². The highest BCUT2D eigenvalue weighted by Crippen LogP contribution is 2.32. The molecule has 0 atom stereocenters. The third-order valence-corrected chi connectivity index (χ3v) is 2.94. The molecule has 0 aliphatic rings. The Kier molecular flexibility index (Phi) is 4.46. The standard InChI is InChI=1S/C13H11BrFN3O3/c1-7(2)13-16-11(14)6-12(17-13)21-10-5-8(15)3-4-9(10)18(19)20/h3-7H,1-2H3. The molecule has 21 heavy (non-hydrogen) atoms. The summed E-state index contributed by atoms with van der Waals surface area (Å²) >= 11 is 3.22. The van der Waals surface area contributed by atoms with E-state index < -0.39 is 10.7 Å². The summed E-state index contributed by atoms with van der Waals surface area (Å²) in [6.07, 6.45) is 0. The SMILES string of the molecule is CC(C)c1nc(Br)cc(Oc2cc(F)ccc2[N+](=O)[O-])n1. The van der Waals surface area contributed by atoms with Crippen molar-refractivity contribution in [2.24, 2.45) is 0 Å². The predicted octanol–water partition coefficient (Wildman–Crippen LogP) is 4.20. The van der Waals surface area contributed by atoms with Gasteiger partial charge in [-0.1, -0.05) is 13.8 Å². The average Bonchev–Trinajstić information content (AvgIpc) is 2.37. The van der Waals surface area contributed by atoms with E-state index in [0.717, 1.165) is 18.2 Å². The van der Waals surface area contributed by atoms with E-state index in [1.807, 2.05) is 13.8 Å². The van der Waals surface area contributed by atoms with Crippen molar-refractivity contribution in [3.8, 4) is 11.6 Å². The first-order valence-electron chi connectivity index (χ1n) is 6.03. The molecule has 6 nitrogen and oxygen atoms in total. The van der Waals surface area contributed by atoms with Gasteiger partial charge in [0.15, 0.2) is 0 Å². The summed E-state index contributed by atoms with van der Waals surface area (Å²) in [5, 5.41) is 10.9. The molecule has 2 aromatic rings. The number of nitro groups is 1. The fraction of sp³-hybridized carbons (Fsp3) is 0.231. The number of benzene rings is 1. The van der Waals surface area contributed by atoms with Gasteiger partial charge in [0.2, 0.25) is 11.6 Å². The van der Waals surface area contributed by atoms with Crippen LogP contribution in [0.2, 0.25) is 0 Å². The Morgan fingerprint density at radius 2 is 2.05 bits per heavy atom. The van der Waals surface area contributed by atoms with E-state index in [4.69, 9.17) is 4.74 Å². The summed E-state index contributed by atoms with van der Waals surface area (Å²) in [5.74, 6) is -0.173. The zero-order valence-electron chi connectivity index (χ0n) is 11.2. The van der Waals surface area contributed by atoms with Gasteiger partial charge in [-0.2, -0.15) is 4.98 Å². The van der Waals surface area contributed by atoms with Crippen molar-refractivity contribution in [2.45, 2.75) is 19.8 Å². The molecule has 0 spiro atoms. The third kappa shape index (κ3) is 3.72. The fourth-order valence-corrected chi connectivity index (χ4v) is 1.93. The van der Waals surface area contributed by atoms with Crippen molar-refractivity contribution in [1.82, 2.24) is 9.97 Å². The van der Waals surface area contributed by atoms with E-state index in [0.29, 0.717) is 10.4 Å². The summed E-state index contributed by atoms with van der Waals surface area (Å²) in [7, 11) is 0. The summed E-state index contributed by atoms with van der Waals surface area (Å²) < 4.78 is 19.1. The van der Waals surface area contributed by atoms with Crippen LogP contribution in [0.15, 0.2) is 28.9 Å². The quantitative estimate of drug-likeness (QED) is 0.466. The highest BCUT2D eigenvalue weighted by molar-refractivity contribution is 9.10. The molecule has 0 N–H and O–H groups in total. The second-order valence-electron chi connectivity index (χ2n) is 4.51. The molecule has 0 bridgehead atoms. The number of nitrogens with zero attached hydrogens (tertiary/aromatic N) is 3. The van der Waals surface area contributed by atoms with E-state index in [1.165, 1.54) is 6.07 Å². The normalized spacial score (nSPS) is 10.7. The van der Waals surface area contributed by atoms with Gasteiger partial charge < -0.3 is 4.74 Å². The van der Waals surface area contributed by atoms with E-state index in [9.17, 15) is 14.5 Å².